The van der Waals surface area contributed by atoms with Gasteiger partial charge in [0.1, 0.15) is 5.76 Å². The van der Waals surface area contributed by atoms with Crippen LogP contribution in [0.4, 0.5) is 0 Å². The van der Waals surface area contributed by atoms with Gasteiger partial charge in [0.05, 0.1) is 6.54 Å². The molecule has 92 valence electrons. The minimum atomic E-state index is 0.626. The van der Waals surface area contributed by atoms with Crippen molar-refractivity contribution in [3.05, 3.63) is 22.6 Å². The van der Waals surface area contributed by atoms with E-state index in [1.807, 2.05) is 12.1 Å². The van der Waals surface area contributed by atoms with Gasteiger partial charge in [-0.1, -0.05) is 0 Å². The summed E-state index contributed by atoms with van der Waals surface area (Å²) in [6.07, 6.45) is 1.16. The van der Waals surface area contributed by atoms with Crippen LogP contribution in [-0.4, -0.2) is 31.1 Å². The molecular formula is C12H21BrN2O. The van der Waals surface area contributed by atoms with Gasteiger partial charge in [-0.25, -0.2) is 0 Å². The highest BCUT2D eigenvalue weighted by atomic mass is 79.9. The second-order valence-corrected chi connectivity index (χ2v) is 5.09. The van der Waals surface area contributed by atoms with E-state index in [9.17, 15) is 0 Å². The summed E-state index contributed by atoms with van der Waals surface area (Å²) in [5.74, 6) is 0.976. The molecule has 1 N–H and O–H groups in total. The average molecular weight is 289 g/mol. The minimum Gasteiger partial charge on any atom is -0.453 e. The Bertz CT molecular complexity index is 299. The Morgan fingerprint density at radius 1 is 1.44 bits per heavy atom. The summed E-state index contributed by atoms with van der Waals surface area (Å²) in [6.45, 7) is 7.39. The second kappa shape index (κ2) is 7.09. The average Bonchev–Trinajstić information content (AvgIpc) is 2.63. The van der Waals surface area contributed by atoms with E-state index in [0.29, 0.717) is 6.04 Å². The molecule has 4 heteroatoms. The summed E-state index contributed by atoms with van der Waals surface area (Å²) < 4.78 is 6.19. The maximum Gasteiger partial charge on any atom is 0.169 e. The molecule has 0 saturated carbocycles. The highest BCUT2D eigenvalue weighted by molar-refractivity contribution is 9.10. The molecule has 1 rings (SSSR count). The molecule has 0 bridgehead atoms. The molecule has 0 aliphatic carbocycles. The molecule has 0 saturated heterocycles. The monoisotopic (exact) mass is 288 g/mol. The van der Waals surface area contributed by atoms with Crippen LogP contribution in [0, 0.1) is 0 Å². The van der Waals surface area contributed by atoms with Crippen LogP contribution in [0.5, 0.6) is 0 Å². The van der Waals surface area contributed by atoms with Crippen LogP contribution in [-0.2, 0) is 6.54 Å². The normalized spacial score (nSPS) is 11.6. The number of nitrogens with zero attached hydrogens (tertiary/aromatic N) is 1. The van der Waals surface area contributed by atoms with Crippen molar-refractivity contribution < 1.29 is 4.42 Å². The largest absolute Gasteiger partial charge is 0.453 e. The highest BCUT2D eigenvalue weighted by Crippen LogP contribution is 2.13. The molecule has 0 spiro atoms. The van der Waals surface area contributed by atoms with Gasteiger partial charge in [-0.2, -0.15) is 0 Å². The molecule has 1 heterocycles. The smallest absolute Gasteiger partial charge is 0.169 e. The van der Waals surface area contributed by atoms with Crippen LogP contribution < -0.4 is 5.32 Å². The van der Waals surface area contributed by atoms with Gasteiger partial charge in [-0.15, -0.1) is 0 Å². The van der Waals surface area contributed by atoms with Crippen molar-refractivity contribution in [1.29, 1.82) is 0 Å². The number of hydrogen-bond acceptors (Lipinski definition) is 3. The van der Waals surface area contributed by atoms with E-state index in [0.717, 1.165) is 36.5 Å². The van der Waals surface area contributed by atoms with Crippen molar-refractivity contribution in [2.24, 2.45) is 0 Å². The molecular weight excluding hydrogens is 268 g/mol. The van der Waals surface area contributed by atoms with Gasteiger partial charge in [0.2, 0.25) is 0 Å². The Balaban J connectivity index is 2.04. The Hall–Kier alpha value is -0.320. The molecule has 0 aliphatic rings. The quantitative estimate of drug-likeness (QED) is 0.782. The van der Waals surface area contributed by atoms with Gasteiger partial charge in [-0.3, -0.25) is 0 Å². The lowest BCUT2D eigenvalue weighted by atomic mass is 10.3. The molecule has 0 radical (unpaired) electrons. The van der Waals surface area contributed by atoms with Crippen molar-refractivity contribution in [3.8, 4) is 0 Å². The zero-order valence-electron chi connectivity index (χ0n) is 10.3. The molecule has 3 nitrogen and oxygen atoms in total. The van der Waals surface area contributed by atoms with Gasteiger partial charge < -0.3 is 14.6 Å². The predicted octanol–water partition coefficient (Wildman–Crippen LogP) is 2.86. The van der Waals surface area contributed by atoms with E-state index in [-0.39, 0.29) is 0 Å². The number of halogens is 1. The molecule has 1 aromatic heterocycles. The fourth-order valence-corrected chi connectivity index (χ4v) is 1.71. The molecule has 0 unspecified atom stereocenters. The summed E-state index contributed by atoms with van der Waals surface area (Å²) >= 11 is 3.29. The van der Waals surface area contributed by atoms with Crippen LogP contribution in [0.1, 0.15) is 26.0 Å². The zero-order valence-corrected chi connectivity index (χ0v) is 11.9. The third kappa shape index (κ3) is 5.14. The van der Waals surface area contributed by atoms with Crippen molar-refractivity contribution in [2.45, 2.75) is 32.9 Å². The number of furan rings is 1. The van der Waals surface area contributed by atoms with Crippen molar-refractivity contribution in [1.82, 2.24) is 10.2 Å². The highest BCUT2D eigenvalue weighted by Gasteiger charge is 2.02. The zero-order chi connectivity index (χ0) is 12.0. The van der Waals surface area contributed by atoms with Gasteiger partial charge in [-0.05, 0) is 68.5 Å². The minimum absolute atomic E-state index is 0.626. The Kier molecular flexibility index (Phi) is 6.09. The number of rotatable bonds is 7. The standard InChI is InChI=1S/C12H21BrN2O/c1-10(2)15(3)8-4-7-14-9-11-5-6-12(13)16-11/h5-6,10,14H,4,7-9H2,1-3H3. The second-order valence-electron chi connectivity index (χ2n) is 4.31. The molecule has 1 aromatic rings. The van der Waals surface area contributed by atoms with E-state index < -0.39 is 0 Å². The van der Waals surface area contributed by atoms with Crippen LogP contribution >= 0.6 is 15.9 Å². The van der Waals surface area contributed by atoms with E-state index in [4.69, 9.17) is 4.42 Å². The van der Waals surface area contributed by atoms with Crippen LogP contribution in [0.2, 0.25) is 0 Å². The molecule has 0 amide bonds. The Morgan fingerprint density at radius 3 is 2.75 bits per heavy atom. The number of hydrogen-bond donors (Lipinski definition) is 1. The molecule has 0 aromatic carbocycles. The summed E-state index contributed by atoms with van der Waals surface area (Å²) in [4.78, 5) is 2.35. The summed E-state index contributed by atoms with van der Waals surface area (Å²) in [7, 11) is 2.16. The van der Waals surface area contributed by atoms with Crippen LogP contribution in [0.15, 0.2) is 21.2 Å². The summed E-state index contributed by atoms with van der Waals surface area (Å²) in [5, 5.41) is 3.37. The van der Waals surface area contributed by atoms with Crippen molar-refractivity contribution >= 4 is 15.9 Å². The van der Waals surface area contributed by atoms with E-state index in [2.05, 4.69) is 47.0 Å². The summed E-state index contributed by atoms with van der Waals surface area (Å²) in [5.41, 5.74) is 0. The maximum atomic E-state index is 5.39. The van der Waals surface area contributed by atoms with E-state index in [1.54, 1.807) is 0 Å². The molecule has 16 heavy (non-hydrogen) atoms. The van der Waals surface area contributed by atoms with E-state index >= 15 is 0 Å². The first-order valence-corrected chi connectivity index (χ1v) is 6.54. The first-order chi connectivity index (χ1) is 7.59. The SMILES string of the molecule is CC(C)N(C)CCCNCc1ccc(Br)o1. The molecule has 0 fully saturated rings. The number of nitrogens with one attached hydrogen (secondary N) is 1. The lowest BCUT2D eigenvalue weighted by Crippen LogP contribution is -2.29. The van der Waals surface area contributed by atoms with Crippen molar-refractivity contribution in [2.75, 3.05) is 20.1 Å². The summed E-state index contributed by atoms with van der Waals surface area (Å²) in [6, 6.07) is 4.53. The van der Waals surface area contributed by atoms with Crippen LogP contribution in [0.25, 0.3) is 0 Å². The molecule has 0 aliphatic heterocycles. The third-order valence-electron chi connectivity index (χ3n) is 2.67. The third-order valence-corrected chi connectivity index (χ3v) is 3.10. The van der Waals surface area contributed by atoms with Crippen LogP contribution in [0.3, 0.4) is 0 Å². The maximum absolute atomic E-state index is 5.39. The lowest BCUT2D eigenvalue weighted by Gasteiger charge is -2.20. The predicted molar refractivity (Wildman–Crippen MR) is 70.5 cm³/mol. The fraction of sp³-hybridized carbons (Fsp3) is 0.667. The molecule has 0 atom stereocenters. The van der Waals surface area contributed by atoms with Gasteiger partial charge in [0.25, 0.3) is 0 Å². The first-order valence-electron chi connectivity index (χ1n) is 5.74. The Morgan fingerprint density at radius 2 is 2.19 bits per heavy atom. The van der Waals surface area contributed by atoms with Gasteiger partial charge >= 0.3 is 0 Å². The topological polar surface area (TPSA) is 28.4 Å². The lowest BCUT2D eigenvalue weighted by molar-refractivity contribution is 0.269. The Labute approximate surface area is 106 Å². The van der Waals surface area contributed by atoms with Crippen molar-refractivity contribution in [3.63, 3.8) is 0 Å². The first kappa shape index (κ1) is 13.7. The van der Waals surface area contributed by atoms with Gasteiger partial charge in [0, 0.05) is 6.04 Å². The van der Waals surface area contributed by atoms with E-state index in [1.165, 1.54) is 0 Å². The van der Waals surface area contributed by atoms with Gasteiger partial charge in [0.15, 0.2) is 4.67 Å². The fourth-order valence-electron chi connectivity index (χ4n) is 1.37.